The van der Waals surface area contributed by atoms with E-state index in [2.05, 4.69) is 20.9 Å². The Kier molecular flexibility index (Phi) is 4.46. The molecule has 3 heterocycles. The van der Waals surface area contributed by atoms with Gasteiger partial charge in [-0.2, -0.15) is 0 Å². The van der Waals surface area contributed by atoms with Gasteiger partial charge in [-0.1, -0.05) is 0 Å². The summed E-state index contributed by atoms with van der Waals surface area (Å²) in [6.45, 7) is 2.20. The van der Waals surface area contributed by atoms with Crippen LogP contribution < -0.4 is 16.0 Å². The number of carbonyl (C=O) groups excluding carboxylic acids is 1. The molecule has 7 heteroatoms. The molecule has 0 spiro atoms. The van der Waals surface area contributed by atoms with Gasteiger partial charge in [-0.25, -0.2) is 4.98 Å². The number of nitrogens with one attached hydrogen (secondary N) is 3. The average molecular weight is 413 g/mol. The molecule has 30 heavy (non-hydrogen) atoms. The predicted octanol–water partition coefficient (Wildman–Crippen LogP) is 2.31. The molecule has 1 saturated heterocycles. The first-order valence-electron chi connectivity index (χ1n) is 11.7. The van der Waals surface area contributed by atoms with Crippen molar-refractivity contribution in [2.24, 2.45) is 17.8 Å². The Hall–Kier alpha value is -1.86. The lowest BCUT2D eigenvalue weighted by Crippen LogP contribution is -2.59. The van der Waals surface area contributed by atoms with Crippen molar-refractivity contribution in [3.63, 3.8) is 0 Å². The van der Waals surface area contributed by atoms with Gasteiger partial charge >= 0.3 is 0 Å². The van der Waals surface area contributed by atoms with Gasteiger partial charge in [-0.15, -0.1) is 0 Å². The number of amides is 1. The molecule has 0 aromatic carbocycles. The summed E-state index contributed by atoms with van der Waals surface area (Å²) in [5.41, 5.74) is 2.28. The van der Waals surface area contributed by atoms with Gasteiger partial charge in [0, 0.05) is 37.5 Å². The van der Waals surface area contributed by atoms with Crippen LogP contribution in [0.15, 0.2) is 6.20 Å². The number of nitrogens with zero attached hydrogens (tertiary/aromatic N) is 1. The number of carbonyl (C=O) groups is 1. The van der Waals surface area contributed by atoms with Crippen molar-refractivity contribution in [2.45, 2.75) is 69.1 Å². The number of ether oxygens (including phenoxy) is 1. The first-order chi connectivity index (χ1) is 14.6. The zero-order chi connectivity index (χ0) is 20.3. The summed E-state index contributed by atoms with van der Waals surface area (Å²) in [4.78, 5) is 17.6. The summed E-state index contributed by atoms with van der Waals surface area (Å²) in [6.07, 6.45) is 9.96. The Morgan fingerprint density at radius 2 is 2.13 bits per heavy atom. The van der Waals surface area contributed by atoms with E-state index in [1.807, 2.05) is 0 Å². The van der Waals surface area contributed by atoms with Crippen LogP contribution in [0.2, 0.25) is 0 Å². The molecule has 7 rings (SSSR count). The second-order valence-electron chi connectivity index (χ2n) is 10.3. The van der Waals surface area contributed by atoms with Crippen LogP contribution in [0.25, 0.3) is 0 Å². The van der Waals surface area contributed by atoms with Gasteiger partial charge in [0.05, 0.1) is 23.0 Å². The number of anilines is 2. The van der Waals surface area contributed by atoms with Gasteiger partial charge in [-0.05, 0) is 69.1 Å². The monoisotopic (exact) mass is 412 g/mol. The Morgan fingerprint density at radius 1 is 1.30 bits per heavy atom. The molecule has 1 aromatic rings. The number of rotatable bonds is 5. The van der Waals surface area contributed by atoms with Crippen LogP contribution in [0.1, 0.15) is 60.9 Å². The third-order valence-electron chi connectivity index (χ3n) is 8.16. The van der Waals surface area contributed by atoms with E-state index in [0.717, 1.165) is 68.7 Å². The van der Waals surface area contributed by atoms with E-state index >= 15 is 0 Å². The van der Waals surface area contributed by atoms with E-state index in [-0.39, 0.29) is 12.0 Å². The predicted molar refractivity (Wildman–Crippen MR) is 114 cm³/mol. The lowest BCUT2D eigenvalue weighted by Gasteiger charge is -2.58. The Bertz CT molecular complexity index is 837. The highest BCUT2D eigenvalue weighted by atomic mass is 16.5. The van der Waals surface area contributed by atoms with Crippen molar-refractivity contribution in [1.29, 1.82) is 0 Å². The third kappa shape index (κ3) is 3.17. The zero-order valence-corrected chi connectivity index (χ0v) is 17.5. The molecule has 2 aliphatic heterocycles. The highest BCUT2D eigenvalue weighted by Gasteiger charge is 2.55. The van der Waals surface area contributed by atoms with Crippen LogP contribution in [0.4, 0.5) is 11.5 Å². The molecule has 7 nitrogen and oxygen atoms in total. The van der Waals surface area contributed by atoms with Crippen molar-refractivity contribution in [1.82, 2.24) is 10.3 Å². The quantitative estimate of drug-likeness (QED) is 0.593. The first-order valence-corrected chi connectivity index (χ1v) is 11.7. The molecule has 1 amide bonds. The van der Waals surface area contributed by atoms with Crippen molar-refractivity contribution in [3.05, 3.63) is 17.3 Å². The fourth-order valence-electron chi connectivity index (χ4n) is 7.08. The van der Waals surface area contributed by atoms with Gasteiger partial charge in [0.2, 0.25) is 0 Å². The third-order valence-corrected chi connectivity index (χ3v) is 8.16. The Labute approximate surface area is 177 Å². The summed E-state index contributed by atoms with van der Waals surface area (Å²) < 4.78 is 5.66. The van der Waals surface area contributed by atoms with E-state index in [1.54, 1.807) is 6.20 Å². The topological polar surface area (TPSA) is 95.5 Å². The Balaban J connectivity index is 1.26. The molecule has 6 aliphatic rings. The normalized spacial score (nSPS) is 38.4. The van der Waals surface area contributed by atoms with Crippen LogP contribution in [-0.4, -0.2) is 53.4 Å². The van der Waals surface area contributed by atoms with E-state index in [9.17, 15) is 9.90 Å². The van der Waals surface area contributed by atoms with Crippen LogP contribution in [0.5, 0.6) is 0 Å². The molecule has 4 N–H and O–H groups in total. The second kappa shape index (κ2) is 7.09. The molecule has 4 saturated carbocycles. The maximum absolute atomic E-state index is 13.1. The van der Waals surface area contributed by atoms with Gasteiger partial charge in [-0.3, -0.25) is 4.79 Å². The summed E-state index contributed by atoms with van der Waals surface area (Å²) in [5, 5.41) is 21.2. The molecule has 3 atom stereocenters. The van der Waals surface area contributed by atoms with E-state index in [1.165, 1.54) is 12.8 Å². The van der Waals surface area contributed by atoms with Crippen LogP contribution in [-0.2, 0) is 11.2 Å². The number of aromatic nitrogens is 1. The number of aliphatic hydroxyl groups is 1. The number of hydrogen-bond donors (Lipinski definition) is 4. The molecule has 4 aliphatic carbocycles. The minimum absolute atomic E-state index is 0.0716. The molecule has 0 radical (unpaired) electrons. The van der Waals surface area contributed by atoms with Crippen LogP contribution in [0.3, 0.4) is 0 Å². The van der Waals surface area contributed by atoms with Crippen molar-refractivity contribution in [3.8, 4) is 0 Å². The maximum Gasteiger partial charge on any atom is 0.255 e. The van der Waals surface area contributed by atoms with E-state index in [4.69, 9.17) is 4.74 Å². The van der Waals surface area contributed by atoms with Gasteiger partial charge in [0.15, 0.2) is 0 Å². The SMILES string of the molecule is O=C(NCC1CCCO1)c1cnc2c(c1NC1C3CC4CC1CC(O)(C4)C3)CCN2. The number of pyridine rings is 1. The fraction of sp³-hybridized carbons (Fsp3) is 0.739. The van der Waals surface area contributed by atoms with Crippen molar-refractivity contribution in [2.75, 3.05) is 30.3 Å². The minimum Gasteiger partial charge on any atom is -0.390 e. The molecular weight excluding hydrogens is 380 g/mol. The lowest BCUT2D eigenvalue weighted by atomic mass is 9.52. The van der Waals surface area contributed by atoms with E-state index in [0.29, 0.717) is 35.9 Å². The summed E-state index contributed by atoms with van der Waals surface area (Å²) in [5.74, 6) is 2.47. The maximum atomic E-state index is 13.1. The molecular formula is C23H32N4O3. The van der Waals surface area contributed by atoms with E-state index < -0.39 is 5.60 Å². The smallest absolute Gasteiger partial charge is 0.255 e. The minimum atomic E-state index is -0.447. The largest absolute Gasteiger partial charge is 0.390 e. The number of fused-ring (bicyclic) bond motifs is 1. The van der Waals surface area contributed by atoms with Gasteiger partial charge in [0.1, 0.15) is 5.82 Å². The molecule has 5 fully saturated rings. The van der Waals surface area contributed by atoms with Gasteiger partial charge in [0.25, 0.3) is 5.91 Å². The van der Waals surface area contributed by atoms with Crippen LogP contribution >= 0.6 is 0 Å². The molecule has 1 aromatic heterocycles. The summed E-state index contributed by atoms with van der Waals surface area (Å²) >= 11 is 0. The van der Waals surface area contributed by atoms with Crippen molar-refractivity contribution < 1.29 is 14.6 Å². The second-order valence-corrected chi connectivity index (χ2v) is 10.3. The summed E-state index contributed by atoms with van der Waals surface area (Å²) in [7, 11) is 0. The average Bonchev–Trinajstić information content (AvgIpc) is 3.39. The Morgan fingerprint density at radius 3 is 2.87 bits per heavy atom. The first kappa shape index (κ1) is 18.9. The summed E-state index contributed by atoms with van der Waals surface area (Å²) in [6, 6.07) is 0.332. The molecule has 4 bridgehead atoms. The standard InChI is InChI=1S/C23H32N4O3/c28-22(26-11-16-2-1-5-30-16)18-12-25-21-17(3-4-24-21)20(18)27-19-14-6-13-7-15(19)10-23(29,8-13)9-14/h12-16,19,29H,1-11H2,(H,26,28)(H2,24,25,27). The zero-order valence-electron chi connectivity index (χ0n) is 17.5. The highest BCUT2D eigenvalue weighted by molar-refractivity contribution is 6.01. The lowest BCUT2D eigenvalue weighted by molar-refractivity contribution is -0.129. The highest BCUT2D eigenvalue weighted by Crippen LogP contribution is 2.56. The fourth-order valence-corrected chi connectivity index (χ4v) is 7.08. The van der Waals surface area contributed by atoms with Gasteiger partial charge < -0.3 is 25.8 Å². The number of hydrogen-bond acceptors (Lipinski definition) is 6. The molecule has 3 unspecified atom stereocenters. The van der Waals surface area contributed by atoms with Crippen LogP contribution in [0, 0.1) is 17.8 Å². The molecule has 162 valence electrons. The van der Waals surface area contributed by atoms with Crippen molar-refractivity contribution >= 4 is 17.4 Å².